The molecule has 1 aromatic heterocycles. The van der Waals surface area contributed by atoms with E-state index in [2.05, 4.69) is 15.5 Å². The summed E-state index contributed by atoms with van der Waals surface area (Å²) in [5.41, 5.74) is 0.637. The number of aromatic nitrogens is 3. The van der Waals surface area contributed by atoms with Gasteiger partial charge in [0.25, 0.3) is 0 Å². The third kappa shape index (κ3) is 5.33. The van der Waals surface area contributed by atoms with E-state index in [1.165, 1.54) is 11.8 Å². The zero-order chi connectivity index (χ0) is 23.2. The van der Waals surface area contributed by atoms with Crippen molar-refractivity contribution in [2.45, 2.75) is 25.1 Å². The number of anilines is 1. The Hall–Kier alpha value is -3.40. The van der Waals surface area contributed by atoms with E-state index in [0.717, 1.165) is 0 Å². The number of carbonyl (C=O) groups is 1. The second-order valence-electron chi connectivity index (χ2n) is 7.13. The van der Waals surface area contributed by atoms with Crippen LogP contribution in [0.2, 0.25) is 0 Å². The lowest BCUT2D eigenvalue weighted by atomic mass is 10.2. The first-order chi connectivity index (χ1) is 16.1. The second kappa shape index (κ2) is 10.5. The molecule has 1 amide bonds. The number of amides is 1. The molecular formula is C23H26N4O5S. The number of thioether (sulfide) groups is 1. The average Bonchev–Trinajstić information content (AvgIpc) is 3.19. The van der Waals surface area contributed by atoms with E-state index in [4.69, 9.17) is 18.9 Å². The summed E-state index contributed by atoms with van der Waals surface area (Å²) in [6, 6.07) is 12.8. The fourth-order valence-corrected chi connectivity index (χ4v) is 4.05. The van der Waals surface area contributed by atoms with Gasteiger partial charge in [-0.05, 0) is 38.1 Å². The topological polar surface area (TPSA) is 96.7 Å². The van der Waals surface area contributed by atoms with Crippen LogP contribution in [0.15, 0.2) is 47.6 Å². The van der Waals surface area contributed by atoms with E-state index >= 15 is 0 Å². The Morgan fingerprint density at radius 2 is 1.88 bits per heavy atom. The number of nitrogens with zero attached hydrogens (tertiary/aromatic N) is 3. The van der Waals surface area contributed by atoms with Crippen LogP contribution >= 0.6 is 11.8 Å². The van der Waals surface area contributed by atoms with Crippen LogP contribution in [-0.4, -0.2) is 46.2 Å². The molecule has 1 aliphatic heterocycles. The van der Waals surface area contributed by atoms with E-state index in [1.807, 2.05) is 49.7 Å². The van der Waals surface area contributed by atoms with Crippen LogP contribution in [0.25, 0.3) is 0 Å². The molecule has 3 aromatic rings. The first-order valence-electron chi connectivity index (χ1n) is 10.7. The average molecular weight is 471 g/mol. The van der Waals surface area contributed by atoms with Crippen molar-refractivity contribution >= 4 is 23.4 Å². The summed E-state index contributed by atoms with van der Waals surface area (Å²) < 4.78 is 24.8. The van der Waals surface area contributed by atoms with Crippen molar-refractivity contribution in [3.8, 4) is 23.0 Å². The summed E-state index contributed by atoms with van der Waals surface area (Å²) in [4.78, 5) is 12.5. The van der Waals surface area contributed by atoms with Gasteiger partial charge in [-0.25, -0.2) is 0 Å². The first kappa shape index (κ1) is 22.8. The van der Waals surface area contributed by atoms with Gasteiger partial charge in [0.1, 0.15) is 6.61 Å². The van der Waals surface area contributed by atoms with Crippen molar-refractivity contribution in [3.05, 3.63) is 48.3 Å². The summed E-state index contributed by atoms with van der Waals surface area (Å²) >= 11 is 1.30. The summed E-state index contributed by atoms with van der Waals surface area (Å²) in [6.45, 7) is 5.19. The second-order valence-corrected chi connectivity index (χ2v) is 8.07. The number of carbonyl (C=O) groups excluding carboxylic acids is 1. The molecule has 33 heavy (non-hydrogen) atoms. The highest BCUT2D eigenvalue weighted by Gasteiger charge is 2.27. The summed E-state index contributed by atoms with van der Waals surface area (Å²) in [5.74, 6) is 3.28. The summed E-state index contributed by atoms with van der Waals surface area (Å²) in [7, 11) is 1.85. The molecule has 2 aromatic carbocycles. The smallest absolute Gasteiger partial charge is 0.234 e. The van der Waals surface area contributed by atoms with E-state index < -0.39 is 0 Å². The molecule has 9 nitrogen and oxygen atoms in total. The third-order valence-corrected chi connectivity index (χ3v) is 5.84. The zero-order valence-electron chi connectivity index (χ0n) is 18.7. The van der Waals surface area contributed by atoms with Crippen LogP contribution in [0.5, 0.6) is 23.0 Å². The van der Waals surface area contributed by atoms with Gasteiger partial charge < -0.3 is 28.8 Å². The first-order valence-corrected chi connectivity index (χ1v) is 11.7. The van der Waals surface area contributed by atoms with Crippen molar-refractivity contribution in [3.63, 3.8) is 0 Å². The van der Waals surface area contributed by atoms with Crippen molar-refractivity contribution in [2.75, 3.05) is 30.9 Å². The number of ether oxygens (including phenoxy) is 4. The monoisotopic (exact) mass is 470 g/mol. The number of fused-ring (bicyclic) bond motifs is 1. The largest absolute Gasteiger partial charge is 0.490 e. The highest BCUT2D eigenvalue weighted by Crippen LogP contribution is 2.36. The maximum atomic E-state index is 12.5. The highest BCUT2D eigenvalue weighted by molar-refractivity contribution is 7.99. The minimum Gasteiger partial charge on any atom is -0.490 e. The van der Waals surface area contributed by atoms with Crippen LogP contribution in [0.4, 0.5) is 5.69 Å². The van der Waals surface area contributed by atoms with Gasteiger partial charge in [0.2, 0.25) is 5.91 Å². The molecular weight excluding hydrogens is 444 g/mol. The maximum absolute atomic E-state index is 12.5. The molecule has 0 fully saturated rings. The summed E-state index contributed by atoms with van der Waals surface area (Å²) in [6.07, 6.45) is -0.374. The number of rotatable bonds is 9. The lowest BCUT2D eigenvalue weighted by Crippen LogP contribution is -2.24. The SMILES string of the molecule is CCOc1ccc(NC(=O)CSc2nnc(C3COc4ccccc4O3)n2C)cc1OCC. The normalized spacial score (nSPS) is 14.6. The zero-order valence-corrected chi connectivity index (χ0v) is 19.6. The number of nitrogens with one attached hydrogen (secondary N) is 1. The van der Waals surface area contributed by atoms with Crippen LogP contribution in [0.3, 0.4) is 0 Å². The Bertz CT molecular complexity index is 1120. The predicted molar refractivity (Wildman–Crippen MR) is 124 cm³/mol. The Balaban J connectivity index is 1.36. The van der Waals surface area contributed by atoms with E-state index in [1.54, 1.807) is 18.2 Å². The van der Waals surface area contributed by atoms with Gasteiger partial charge in [0.15, 0.2) is 40.1 Å². The molecule has 0 radical (unpaired) electrons. The molecule has 1 unspecified atom stereocenters. The number of hydrogen-bond donors (Lipinski definition) is 1. The molecule has 0 bridgehead atoms. The molecule has 0 spiro atoms. The quantitative estimate of drug-likeness (QED) is 0.471. The van der Waals surface area contributed by atoms with Crippen LogP contribution < -0.4 is 24.3 Å². The van der Waals surface area contributed by atoms with E-state index in [9.17, 15) is 4.79 Å². The lowest BCUT2D eigenvalue weighted by molar-refractivity contribution is -0.113. The predicted octanol–water partition coefficient (Wildman–Crippen LogP) is 3.86. The van der Waals surface area contributed by atoms with Gasteiger partial charge in [-0.2, -0.15) is 0 Å². The summed E-state index contributed by atoms with van der Waals surface area (Å²) in [5, 5.41) is 12.0. The molecule has 1 atom stereocenters. The Morgan fingerprint density at radius 1 is 1.12 bits per heavy atom. The fourth-order valence-electron chi connectivity index (χ4n) is 3.34. The van der Waals surface area contributed by atoms with Crippen LogP contribution in [0, 0.1) is 0 Å². The van der Waals surface area contributed by atoms with Gasteiger partial charge in [-0.1, -0.05) is 23.9 Å². The maximum Gasteiger partial charge on any atom is 0.234 e. The Morgan fingerprint density at radius 3 is 2.67 bits per heavy atom. The molecule has 0 aliphatic carbocycles. The van der Waals surface area contributed by atoms with Crippen LogP contribution in [-0.2, 0) is 11.8 Å². The number of hydrogen-bond acceptors (Lipinski definition) is 8. The number of benzene rings is 2. The molecule has 10 heteroatoms. The van der Waals surface area contributed by atoms with Gasteiger partial charge in [0, 0.05) is 18.8 Å². The molecule has 0 saturated carbocycles. The van der Waals surface area contributed by atoms with E-state index in [-0.39, 0.29) is 17.8 Å². The van der Waals surface area contributed by atoms with Gasteiger partial charge in [-0.3, -0.25) is 4.79 Å². The third-order valence-electron chi connectivity index (χ3n) is 4.82. The van der Waals surface area contributed by atoms with Crippen molar-refractivity contribution < 1.29 is 23.7 Å². The van der Waals surface area contributed by atoms with Gasteiger partial charge >= 0.3 is 0 Å². The minimum absolute atomic E-state index is 0.165. The standard InChI is InChI=1S/C23H26N4O5S/c1-4-29-17-11-10-15(12-19(17)30-5-2)24-21(28)14-33-23-26-25-22(27(23)3)20-13-31-16-8-6-7-9-18(16)32-20/h6-12,20H,4-5,13-14H2,1-3H3,(H,24,28). The molecule has 174 valence electrons. The molecule has 1 aliphatic rings. The van der Waals surface area contributed by atoms with Crippen LogP contribution in [0.1, 0.15) is 25.8 Å². The van der Waals surface area contributed by atoms with Crippen molar-refractivity contribution in [1.29, 1.82) is 0 Å². The van der Waals surface area contributed by atoms with Gasteiger partial charge in [0.05, 0.1) is 19.0 Å². The Labute approximate surface area is 196 Å². The van der Waals surface area contributed by atoms with Crippen molar-refractivity contribution in [2.24, 2.45) is 7.05 Å². The lowest BCUT2D eigenvalue weighted by Gasteiger charge is -2.25. The Kier molecular flexibility index (Phi) is 7.23. The fraction of sp³-hybridized carbons (Fsp3) is 0.348. The molecule has 0 saturated heterocycles. The molecule has 1 N–H and O–H groups in total. The van der Waals surface area contributed by atoms with E-state index in [0.29, 0.717) is 59.5 Å². The van der Waals surface area contributed by atoms with Crippen molar-refractivity contribution in [1.82, 2.24) is 14.8 Å². The minimum atomic E-state index is -0.374. The molecule has 2 heterocycles. The van der Waals surface area contributed by atoms with Gasteiger partial charge in [-0.15, -0.1) is 10.2 Å². The highest BCUT2D eigenvalue weighted by atomic mass is 32.2. The molecule has 4 rings (SSSR count). The number of para-hydroxylation sites is 2.